The molecule has 238 valence electrons. The van der Waals surface area contributed by atoms with Crippen molar-refractivity contribution in [2.45, 2.75) is 125 Å². The van der Waals surface area contributed by atoms with Crippen molar-refractivity contribution in [2.24, 2.45) is 5.92 Å². The maximum absolute atomic E-state index is 13.7. The summed E-state index contributed by atoms with van der Waals surface area (Å²) in [7, 11) is 0. The predicted molar refractivity (Wildman–Crippen MR) is 178 cm³/mol. The number of rotatable bonds is 11. The molecule has 1 unspecified atom stereocenters. The summed E-state index contributed by atoms with van der Waals surface area (Å²) in [5.74, 6) is 2.91. The third-order valence-electron chi connectivity index (χ3n) is 8.88. The average Bonchev–Trinajstić information content (AvgIpc) is 3.31. The van der Waals surface area contributed by atoms with E-state index in [4.69, 9.17) is 5.10 Å². The summed E-state index contributed by atoms with van der Waals surface area (Å²) in [6.07, 6.45) is 13.0. The maximum Gasteiger partial charge on any atom is 0.246 e. The van der Waals surface area contributed by atoms with Gasteiger partial charge in [-0.15, -0.1) is 12.3 Å². The van der Waals surface area contributed by atoms with E-state index in [0.29, 0.717) is 18.9 Å². The molecule has 2 atom stereocenters. The number of carbonyl (C=O) groups excluding carboxylic acids is 2. The van der Waals surface area contributed by atoms with Crippen LogP contribution in [0.2, 0.25) is 0 Å². The van der Waals surface area contributed by atoms with Crippen LogP contribution in [-0.2, 0) is 16.1 Å². The number of aryl methyl sites for hydroxylation is 1. The monoisotopic (exact) mass is 591 g/mol. The van der Waals surface area contributed by atoms with Crippen LogP contribution in [0, 0.1) is 32.1 Å². The van der Waals surface area contributed by atoms with Crippen molar-refractivity contribution < 1.29 is 9.59 Å². The number of para-hydroxylation sites is 1. The fraction of sp³-hybridized carbons (Fsp3) is 0.639. The van der Waals surface area contributed by atoms with Gasteiger partial charge in [-0.2, -0.15) is 5.10 Å². The highest BCUT2D eigenvalue weighted by Crippen LogP contribution is 2.32. The van der Waals surface area contributed by atoms with Crippen molar-refractivity contribution in [3.63, 3.8) is 0 Å². The second-order valence-corrected chi connectivity index (χ2v) is 11.8. The Bertz CT molecular complexity index is 1180. The number of piperazine rings is 1. The Morgan fingerprint density at radius 1 is 1.09 bits per heavy atom. The van der Waals surface area contributed by atoms with Crippen LogP contribution in [0.1, 0.15) is 110 Å². The lowest BCUT2D eigenvalue weighted by Gasteiger charge is -2.47. The summed E-state index contributed by atoms with van der Waals surface area (Å²) in [4.78, 5) is 31.5. The van der Waals surface area contributed by atoms with Gasteiger partial charge in [0.2, 0.25) is 11.8 Å². The number of benzene rings is 1. The zero-order chi connectivity index (χ0) is 32.0. The quantitative estimate of drug-likeness (QED) is 0.291. The number of carbonyl (C=O) groups is 2. The van der Waals surface area contributed by atoms with Gasteiger partial charge in [0.25, 0.3) is 0 Å². The molecule has 2 aliphatic rings. The molecule has 2 fully saturated rings. The van der Waals surface area contributed by atoms with Crippen molar-refractivity contribution in [3.8, 4) is 18.0 Å². The highest BCUT2D eigenvalue weighted by atomic mass is 16.2. The molecule has 1 aromatic heterocycles. The molecule has 2 heterocycles. The van der Waals surface area contributed by atoms with Gasteiger partial charge in [-0.25, -0.2) is 4.68 Å². The SMILES string of the molecule is C#CC.CC.CCCN1C(=O)[C@@H](CC2CCCCC2)NC(=O)C1(C)CCN(CC)Cc1c(C)nn(-c2ccccc2)c1C. The second kappa shape index (κ2) is 17.9. The molecule has 1 N–H and O–H groups in total. The summed E-state index contributed by atoms with van der Waals surface area (Å²) in [6.45, 7) is 19.0. The number of aromatic nitrogens is 2. The zero-order valence-corrected chi connectivity index (χ0v) is 28.2. The van der Waals surface area contributed by atoms with Gasteiger partial charge in [0.05, 0.1) is 11.4 Å². The van der Waals surface area contributed by atoms with Gasteiger partial charge in [0.1, 0.15) is 11.6 Å². The molecule has 1 aliphatic carbocycles. The Hall–Kier alpha value is -3.11. The molecule has 1 saturated heterocycles. The molecule has 43 heavy (non-hydrogen) atoms. The van der Waals surface area contributed by atoms with Crippen LogP contribution in [0.5, 0.6) is 0 Å². The fourth-order valence-corrected chi connectivity index (χ4v) is 6.35. The summed E-state index contributed by atoms with van der Waals surface area (Å²) in [6, 6.07) is 9.85. The lowest BCUT2D eigenvalue weighted by Crippen LogP contribution is -2.70. The van der Waals surface area contributed by atoms with Crippen molar-refractivity contribution in [1.82, 2.24) is 24.9 Å². The van der Waals surface area contributed by atoms with Gasteiger partial charge in [0, 0.05) is 30.9 Å². The third kappa shape index (κ3) is 9.19. The lowest BCUT2D eigenvalue weighted by molar-refractivity contribution is -0.157. The summed E-state index contributed by atoms with van der Waals surface area (Å²) >= 11 is 0. The minimum Gasteiger partial charge on any atom is -0.342 e. The van der Waals surface area contributed by atoms with Gasteiger partial charge < -0.3 is 10.2 Å². The van der Waals surface area contributed by atoms with Crippen LogP contribution in [-0.4, -0.2) is 62.6 Å². The van der Waals surface area contributed by atoms with Crippen LogP contribution in [0.4, 0.5) is 0 Å². The molecule has 1 saturated carbocycles. The number of hydrogen-bond donors (Lipinski definition) is 1. The van der Waals surface area contributed by atoms with Crippen LogP contribution in [0.15, 0.2) is 30.3 Å². The Morgan fingerprint density at radius 3 is 2.30 bits per heavy atom. The van der Waals surface area contributed by atoms with E-state index in [2.05, 4.69) is 62.4 Å². The molecule has 0 spiro atoms. The van der Waals surface area contributed by atoms with Crippen molar-refractivity contribution in [2.75, 3.05) is 19.6 Å². The van der Waals surface area contributed by atoms with Gasteiger partial charge in [-0.1, -0.05) is 78.0 Å². The van der Waals surface area contributed by atoms with Gasteiger partial charge >= 0.3 is 0 Å². The highest BCUT2D eigenvalue weighted by Gasteiger charge is 2.49. The van der Waals surface area contributed by atoms with Gasteiger partial charge in [-0.05, 0) is 71.6 Å². The first-order valence-electron chi connectivity index (χ1n) is 16.5. The molecule has 7 nitrogen and oxygen atoms in total. The molecule has 2 amide bonds. The molecular formula is C36H57N5O2. The first-order chi connectivity index (χ1) is 20.7. The lowest BCUT2D eigenvalue weighted by atomic mass is 9.82. The van der Waals surface area contributed by atoms with Crippen LogP contribution >= 0.6 is 0 Å². The van der Waals surface area contributed by atoms with E-state index >= 15 is 0 Å². The van der Waals surface area contributed by atoms with Gasteiger partial charge in [0.15, 0.2) is 0 Å². The standard InChI is InChI=1S/C31H47N5O2.C3H4.C2H6/c1-6-19-35-29(37)28(21-25-14-10-8-11-15-25)32-30(38)31(35,5)18-20-34(7-2)22-27-23(3)33-36(24(27)4)26-16-12-9-13-17-26;1-3-2;1-2/h9,12-13,16-17,25,28H,6-8,10-11,14-15,18-22H2,1-5H3,(H,32,38);1H,2H3;1-2H3/t28-,31?;;/m1../s1. The van der Waals surface area contributed by atoms with Crippen LogP contribution in [0.3, 0.4) is 0 Å². The van der Waals surface area contributed by atoms with Crippen LogP contribution < -0.4 is 5.32 Å². The first-order valence-corrected chi connectivity index (χ1v) is 16.5. The Balaban J connectivity index is 0.00000121. The molecule has 7 heteroatoms. The molecule has 4 rings (SSSR count). The second-order valence-electron chi connectivity index (χ2n) is 11.8. The number of nitrogens with one attached hydrogen (secondary N) is 1. The fourth-order valence-electron chi connectivity index (χ4n) is 6.35. The molecule has 0 radical (unpaired) electrons. The Labute approximate surface area is 261 Å². The van der Waals surface area contributed by atoms with E-state index in [1.807, 2.05) is 48.6 Å². The largest absolute Gasteiger partial charge is 0.342 e. The van der Waals surface area contributed by atoms with E-state index in [0.717, 1.165) is 49.6 Å². The molecule has 2 aromatic rings. The van der Waals surface area contributed by atoms with E-state index in [1.165, 1.54) is 37.7 Å². The van der Waals surface area contributed by atoms with E-state index in [9.17, 15) is 9.59 Å². The summed E-state index contributed by atoms with van der Waals surface area (Å²) in [5.41, 5.74) is 3.62. The van der Waals surface area contributed by atoms with E-state index in [1.54, 1.807) is 6.92 Å². The Kier molecular flexibility index (Phi) is 15.0. The molecular weight excluding hydrogens is 534 g/mol. The molecule has 1 aliphatic heterocycles. The predicted octanol–water partition coefficient (Wildman–Crippen LogP) is 6.83. The van der Waals surface area contributed by atoms with Crippen molar-refractivity contribution >= 4 is 11.8 Å². The maximum atomic E-state index is 13.7. The zero-order valence-electron chi connectivity index (χ0n) is 28.2. The van der Waals surface area contributed by atoms with E-state index in [-0.39, 0.29) is 17.9 Å². The van der Waals surface area contributed by atoms with E-state index < -0.39 is 5.54 Å². The molecule has 1 aromatic carbocycles. The summed E-state index contributed by atoms with van der Waals surface area (Å²) < 4.78 is 2.02. The summed E-state index contributed by atoms with van der Waals surface area (Å²) in [5, 5.41) is 7.98. The number of amides is 2. The first kappa shape index (κ1) is 36.1. The molecule has 0 bridgehead atoms. The number of hydrogen-bond acceptors (Lipinski definition) is 4. The third-order valence-corrected chi connectivity index (χ3v) is 8.88. The minimum absolute atomic E-state index is 0.00618. The normalized spacial score (nSPS) is 20.5. The average molecular weight is 592 g/mol. The topological polar surface area (TPSA) is 70.5 Å². The van der Waals surface area contributed by atoms with Gasteiger partial charge in [-0.3, -0.25) is 14.5 Å². The number of terminal acetylenes is 1. The minimum atomic E-state index is -0.831. The smallest absolute Gasteiger partial charge is 0.246 e. The number of nitrogens with zero attached hydrogens (tertiary/aromatic N) is 4. The van der Waals surface area contributed by atoms with Crippen molar-refractivity contribution in [1.29, 1.82) is 0 Å². The highest BCUT2D eigenvalue weighted by molar-refractivity contribution is 5.99. The van der Waals surface area contributed by atoms with Crippen LogP contribution in [0.25, 0.3) is 5.69 Å². The van der Waals surface area contributed by atoms with Crippen molar-refractivity contribution in [3.05, 3.63) is 47.3 Å². The Morgan fingerprint density at radius 2 is 1.72 bits per heavy atom.